The number of carboxylic acid groups (broad SMARTS) is 1. The van der Waals surface area contributed by atoms with Gasteiger partial charge in [0, 0.05) is 0 Å². The topological polar surface area (TPSA) is 155 Å². The number of hydrogen-bond acceptors (Lipinski definition) is 10. The van der Waals surface area contributed by atoms with E-state index < -0.39 is 57.7 Å². The predicted octanol–water partition coefficient (Wildman–Crippen LogP) is 2.87. The minimum atomic E-state index is -1.60. The number of nitrogens with one attached hydrogen (secondary N) is 1. The lowest BCUT2D eigenvalue weighted by Gasteiger charge is -2.29. The lowest BCUT2D eigenvalue weighted by Crippen LogP contribution is -2.53. The van der Waals surface area contributed by atoms with E-state index in [1.165, 1.54) is 13.8 Å². The summed E-state index contributed by atoms with van der Waals surface area (Å²) < 4.78 is 7.98. The van der Waals surface area contributed by atoms with E-state index in [-0.39, 0.29) is 0 Å². The molecule has 0 aromatic rings. The van der Waals surface area contributed by atoms with E-state index in [0.29, 0.717) is 11.8 Å². The maximum atomic E-state index is 11.9. The quantitative estimate of drug-likeness (QED) is 0.265. The third-order valence-electron chi connectivity index (χ3n) is 3.34. The van der Waals surface area contributed by atoms with Gasteiger partial charge in [0.05, 0.1) is 15.6 Å². The highest BCUT2D eigenvalue weighted by molar-refractivity contribution is 8.14. The van der Waals surface area contributed by atoms with Crippen LogP contribution in [0.2, 0.25) is 0 Å². The van der Waals surface area contributed by atoms with Crippen molar-refractivity contribution < 1.29 is 48.3 Å². The number of thioether (sulfide) groups is 1. The van der Waals surface area contributed by atoms with Crippen LogP contribution in [0.4, 0.5) is 9.59 Å². The van der Waals surface area contributed by atoms with Crippen LogP contribution in [0.1, 0.15) is 55.4 Å². The van der Waals surface area contributed by atoms with Crippen LogP contribution >= 0.6 is 11.8 Å². The van der Waals surface area contributed by atoms with Gasteiger partial charge in [-0.3, -0.25) is 4.79 Å². The van der Waals surface area contributed by atoms with Crippen molar-refractivity contribution in [1.29, 1.82) is 0 Å². The molecular formula is C18H29NO10S. The molecule has 0 unspecified atom stereocenters. The van der Waals surface area contributed by atoms with Crippen LogP contribution in [0.15, 0.2) is 0 Å². The first kappa shape index (κ1) is 27.5. The molecule has 1 atom stereocenters. The van der Waals surface area contributed by atoms with Gasteiger partial charge in [-0.2, -0.15) is 0 Å². The van der Waals surface area contributed by atoms with Gasteiger partial charge >= 0.3 is 29.3 Å². The van der Waals surface area contributed by atoms with Gasteiger partial charge in [0.25, 0.3) is 0 Å². The number of amides is 1. The first-order valence-corrected chi connectivity index (χ1v) is 9.65. The van der Waals surface area contributed by atoms with Crippen LogP contribution in [-0.4, -0.2) is 52.0 Å². The summed E-state index contributed by atoms with van der Waals surface area (Å²) in [7, 11) is 0. The van der Waals surface area contributed by atoms with E-state index in [1.54, 1.807) is 41.5 Å². The smallest absolute Gasteiger partial charge is 0.414 e. The molecule has 0 aromatic carbocycles. The van der Waals surface area contributed by atoms with Gasteiger partial charge < -0.3 is 19.9 Å². The third-order valence-corrected chi connectivity index (χ3v) is 4.34. The number of aliphatic carboxylic acids is 1. The lowest BCUT2D eigenvalue weighted by molar-refractivity contribution is -0.235. The minimum Gasteiger partial charge on any atom is -0.480 e. The molecule has 0 spiro atoms. The molecule has 30 heavy (non-hydrogen) atoms. The standard InChI is InChI=1S/C18H29NO10S/c1-16(2,3)12(22)26-9-27-14(24)19-10(11(20)21)18(7,8)30-15(25)29-28-13(23)17(4,5)6/h10H,9H2,1-8H3,(H,19,24)(H,20,21)/t10-/m0/s1. The second-order valence-corrected chi connectivity index (χ2v) is 10.4. The van der Waals surface area contributed by atoms with E-state index in [9.17, 15) is 29.1 Å². The average Bonchev–Trinajstić information content (AvgIpc) is 2.54. The number of alkyl carbamates (subject to hydrolysis) is 1. The van der Waals surface area contributed by atoms with Crippen LogP contribution in [-0.2, 0) is 33.6 Å². The molecule has 172 valence electrons. The van der Waals surface area contributed by atoms with Gasteiger partial charge in [0.15, 0.2) is 0 Å². The van der Waals surface area contributed by atoms with Crippen molar-refractivity contribution in [1.82, 2.24) is 5.32 Å². The molecular weight excluding hydrogens is 422 g/mol. The number of carboxylic acids is 1. The molecule has 0 saturated carbocycles. The Kier molecular flexibility index (Phi) is 9.63. The van der Waals surface area contributed by atoms with E-state index in [2.05, 4.69) is 19.8 Å². The summed E-state index contributed by atoms with van der Waals surface area (Å²) in [6.45, 7) is 11.5. The first-order valence-electron chi connectivity index (χ1n) is 8.83. The number of rotatable bonds is 6. The van der Waals surface area contributed by atoms with Crippen molar-refractivity contribution >= 4 is 41.1 Å². The second-order valence-electron chi connectivity index (χ2n) is 8.81. The average molecular weight is 451 g/mol. The van der Waals surface area contributed by atoms with Crippen LogP contribution in [0.5, 0.6) is 0 Å². The molecule has 0 fully saturated rings. The summed E-state index contributed by atoms with van der Waals surface area (Å²) in [5.41, 5.74) is -1.72. The van der Waals surface area contributed by atoms with Crippen molar-refractivity contribution in [3.05, 3.63) is 0 Å². The van der Waals surface area contributed by atoms with Crippen LogP contribution in [0, 0.1) is 10.8 Å². The Morgan fingerprint density at radius 2 is 1.33 bits per heavy atom. The van der Waals surface area contributed by atoms with Gasteiger partial charge in [0.2, 0.25) is 6.79 Å². The highest BCUT2D eigenvalue weighted by Crippen LogP contribution is 2.31. The fourth-order valence-corrected chi connectivity index (χ4v) is 2.31. The SMILES string of the molecule is CC(C)(C)C(=O)OCOC(=O)N[C@@H](C(=O)O)C(C)(C)SC(=O)OOC(=O)C(C)(C)C. The van der Waals surface area contributed by atoms with E-state index in [4.69, 9.17) is 4.74 Å². The molecule has 0 saturated heterocycles. The Balaban J connectivity index is 4.83. The van der Waals surface area contributed by atoms with Gasteiger partial charge in [0.1, 0.15) is 6.04 Å². The summed E-state index contributed by atoms with van der Waals surface area (Å²) in [4.78, 5) is 67.4. The van der Waals surface area contributed by atoms with Gasteiger partial charge in [-0.25, -0.2) is 29.0 Å². The molecule has 1 amide bonds. The monoisotopic (exact) mass is 451 g/mol. The lowest BCUT2D eigenvalue weighted by atomic mass is 9.98. The molecule has 0 bridgehead atoms. The Bertz CT molecular complexity index is 675. The molecule has 0 aliphatic heterocycles. The number of ether oxygens (including phenoxy) is 2. The Morgan fingerprint density at radius 3 is 1.77 bits per heavy atom. The molecule has 0 rings (SSSR count). The van der Waals surface area contributed by atoms with Crippen molar-refractivity contribution in [2.45, 2.75) is 66.2 Å². The Labute approximate surface area is 179 Å². The fraction of sp³-hybridized carbons (Fsp3) is 0.722. The number of esters is 1. The summed E-state index contributed by atoms with van der Waals surface area (Å²) in [5, 5.41) is 10.4. The Hall–Kier alpha value is -2.50. The molecule has 11 nitrogen and oxygen atoms in total. The van der Waals surface area contributed by atoms with Crippen molar-refractivity contribution in [2.75, 3.05) is 6.79 Å². The maximum Gasteiger partial charge on any atom is 0.414 e. The van der Waals surface area contributed by atoms with Crippen molar-refractivity contribution in [3.63, 3.8) is 0 Å². The van der Waals surface area contributed by atoms with Crippen molar-refractivity contribution in [3.8, 4) is 0 Å². The maximum absolute atomic E-state index is 11.9. The van der Waals surface area contributed by atoms with Gasteiger partial charge in [-0.1, -0.05) is 0 Å². The number of carbonyl (C=O) groups excluding carboxylic acids is 4. The highest BCUT2D eigenvalue weighted by atomic mass is 32.2. The van der Waals surface area contributed by atoms with Crippen LogP contribution in [0.25, 0.3) is 0 Å². The molecule has 2 N–H and O–H groups in total. The summed E-state index contributed by atoms with van der Waals surface area (Å²) in [6.07, 6.45) is -1.18. The predicted molar refractivity (Wildman–Crippen MR) is 105 cm³/mol. The molecule has 0 aromatic heterocycles. The van der Waals surface area contributed by atoms with Gasteiger partial charge in [-0.15, -0.1) is 0 Å². The second kappa shape index (κ2) is 10.5. The fourth-order valence-electron chi connectivity index (χ4n) is 1.53. The summed E-state index contributed by atoms with van der Waals surface area (Å²) >= 11 is 0.390. The van der Waals surface area contributed by atoms with Crippen LogP contribution < -0.4 is 5.32 Å². The number of hydrogen-bond donors (Lipinski definition) is 2. The zero-order valence-electron chi connectivity index (χ0n) is 18.3. The molecule has 0 heterocycles. The van der Waals surface area contributed by atoms with E-state index in [1.807, 2.05) is 0 Å². The zero-order valence-corrected chi connectivity index (χ0v) is 19.1. The zero-order chi connectivity index (χ0) is 23.9. The minimum absolute atomic E-state index is 0.390. The molecule has 12 heteroatoms. The third kappa shape index (κ3) is 9.81. The highest BCUT2D eigenvalue weighted by Gasteiger charge is 2.41. The van der Waals surface area contributed by atoms with Gasteiger partial charge in [-0.05, 0) is 67.2 Å². The molecule has 0 aliphatic carbocycles. The molecule has 0 radical (unpaired) electrons. The normalized spacial score (nSPS) is 12.9. The summed E-state index contributed by atoms with van der Waals surface area (Å²) in [5.74, 6) is -2.88. The first-order chi connectivity index (χ1) is 13.4. The van der Waals surface area contributed by atoms with E-state index in [0.717, 1.165) is 0 Å². The molecule has 0 aliphatic rings. The van der Waals surface area contributed by atoms with Crippen molar-refractivity contribution in [2.24, 2.45) is 10.8 Å². The van der Waals surface area contributed by atoms with Crippen LogP contribution in [0.3, 0.4) is 0 Å². The Morgan fingerprint density at radius 1 is 0.833 bits per heavy atom. The van der Waals surface area contributed by atoms with E-state index >= 15 is 0 Å². The largest absolute Gasteiger partial charge is 0.480 e. The number of carbonyl (C=O) groups is 5. The summed E-state index contributed by atoms with van der Waals surface area (Å²) in [6, 6.07) is -1.60.